The second-order valence-electron chi connectivity index (χ2n) is 6.99. The molecule has 0 unspecified atom stereocenters. The van der Waals surface area contributed by atoms with Crippen LogP contribution in [0.2, 0.25) is 10.0 Å². The fourth-order valence-corrected chi connectivity index (χ4v) is 3.72. The standard InChI is InChI=1S/C21H24Cl2N2O2/c1-14-3-6-20(27-2)19(11-14)24-21(26)16-7-9-25(10-8-16)13-15-4-5-17(22)18(23)12-15/h3-6,11-12,16H,7-10,13H2,1-2H3,(H,24,26). The SMILES string of the molecule is COc1ccc(C)cc1NC(=O)C1CCN(Cc2ccc(Cl)c(Cl)c2)CC1. The number of piperidine rings is 1. The Morgan fingerprint density at radius 1 is 1.15 bits per heavy atom. The van der Waals surface area contributed by atoms with Crippen LogP contribution in [-0.4, -0.2) is 31.0 Å². The highest BCUT2D eigenvalue weighted by Crippen LogP contribution is 2.28. The van der Waals surface area contributed by atoms with Gasteiger partial charge in [0.25, 0.3) is 0 Å². The Labute approximate surface area is 170 Å². The molecular formula is C21H24Cl2N2O2. The Balaban J connectivity index is 1.55. The molecule has 1 fully saturated rings. The molecule has 0 spiro atoms. The molecule has 27 heavy (non-hydrogen) atoms. The number of methoxy groups -OCH3 is 1. The largest absolute Gasteiger partial charge is 0.495 e. The molecule has 1 heterocycles. The number of likely N-dealkylation sites (tertiary alicyclic amines) is 1. The van der Waals surface area contributed by atoms with Crippen LogP contribution in [0, 0.1) is 12.8 Å². The third kappa shape index (κ3) is 5.16. The summed E-state index contributed by atoms with van der Waals surface area (Å²) in [6.07, 6.45) is 1.67. The predicted molar refractivity (Wildman–Crippen MR) is 111 cm³/mol. The predicted octanol–water partition coefficient (Wildman–Crippen LogP) is 5.16. The van der Waals surface area contributed by atoms with Crippen LogP contribution >= 0.6 is 23.2 Å². The zero-order chi connectivity index (χ0) is 19.4. The van der Waals surface area contributed by atoms with Gasteiger partial charge in [-0.05, 0) is 68.2 Å². The van der Waals surface area contributed by atoms with Crippen molar-refractivity contribution in [3.63, 3.8) is 0 Å². The molecule has 0 bridgehead atoms. The minimum absolute atomic E-state index is 0.0141. The van der Waals surface area contributed by atoms with Crippen molar-refractivity contribution >= 4 is 34.8 Å². The van der Waals surface area contributed by atoms with Gasteiger partial charge in [0.1, 0.15) is 5.75 Å². The minimum atomic E-state index is 0.0141. The van der Waals surface area contributed by atoms with E-state index in [0.29, 0.717) is 15.8 Å². The molecule has 0 radical (unpaired) electrons. The van der Waals surface area contributed by atoms with E-state index in [1.54, 1.807) is 7.11 Å². The Kier molecular flexibility index (Phi) is 6.64. The van der Waals surface area contributed by atoms with E-state index in [2.05, 4.69) is 10.2 Å². The minimum Gasteiger partial charge on any atom is -0.495 e. The van der Waals surface area contributed by atoms with E-state index in [4.69, 9.17) is 27.9 Å². The molecule has 0 aromatic heterocycles. The first-order valence-electron chi connectivity index (χ1n) is 9.08. The highest BCUT2D eigenvalue weighted by Gasteiger charge is 2.25. The Morgan fingerprint density at radius 2 is 1.89 bits per heavy atom. The molecular weight excluding hydrogens is 383 g/mol. The normalized spacial score (nSPS) is 15.6. The van der Waals surface area contributed by atoms with E-state index in [-0.39, 0.29) is 11.8 Å². The number of nitrogens with one attached hydrogen (secondary N) is 1. The van der Waals surface area contributed by atoms with Crippen LogP contribution in [0.1, 0.15) is 24.0 Å². The van der Waals surface area contributed by atoms with Gasteiger partial charge in [-0.1, -0.05) is 35.3 Å². The molecule has 1 aliphatic rings. The highest BCUT2D eigenvalue weighted by atomic mass is 35.5. The van der Waals surface area contributed by atoms with Crippen molar-refractivity contribution in [2.75, 3.05) is 25.5 Å². The zero-order valence-corrected chi connectivity index (χ0v) is 17.1. The van der Waals surface area contributed by atoms with Crippen LogP contribution in [0.4, 0.5) is 5.69 Å². The lowest BCUT2D eigenvalue weighted by Gasteiger charge is -2.31. The molecule has 6 heteroatoms. The van der Waals surface area contributed by atoms with Gasteiger partial charge in [-0.2, -0.15) is 0 Å². The van der Waals surface area contributed by atoms with Crippen molar-refractivity contribution in [3.05, 3.63) is 57.6 Å². The number of hydrogen-bond acceptors (Lipinski definition) is 3. The summed E-state index contributed by atoms with van der Waals surface area (Å²) >= 11 is 12.1. The number of nitrogens with zero attached hydrogens (tertiary/aromatic N) is 1. The fourth-order valence-electron chi connectivity index (χ4n) is 3.40. The van der Waals surface area contributed by atoms with Gasteiger partial charge in [-0.15, -0.1) is 0 Å². The third-order valence-corrected chi connectivity index (χ3v) is 5.70. The summed E-state index contributed by atoms with van der Waals surface area (Å²) in [7, 11) is 1.61. The van der Waals surface area contributed by atoms with Crippen LogP contribution in [0.5, 0.6) is 5.75 Å². The summed E-state index contributed by atoms with van der Waals surface area (Å²) in [5.41, 5.74) is 2.96. The second-order valence-corrected chi connectivity index (χ2v) is 7.81. The van der Waals surface area contributed by atoms with Crippen LogP contribution in [0.15, 0.2) is 36.4 Å². The topological polar surface area (TPSA) is 41.6 Å². The first-order valence-corrected chi connectivity index (χ1v) is 9.83. The van der Waals surface area contributed by atoms with Crippen molar-refractivity contribution in [3.8, 4) is 5.75 Å². The average Bonchev–Trinajstić information content (AvgIpc) is 2.65. The van der Waals surface area contributed by atoms with Gasteiger partial charge in [0.2, 0.25) is 5.91 Å². The van der Waals surface area contributed by atoms with Gasteiger partial charge < -0.3 is 10.1 Å². The number of benzene rings is 2. The first kappa shape index (κ1) is 20.0. The molecule has 144 valence electrons. The van der Waals surface area contributed by atoms with Crippen LogP contribution in [0.3, 0.4) is 0 Å². The molecule has 4 nitrogen and oxygen atoms in total. The Morgan fingerprint density at radius 3 is 2.56 bits per heavy atom. The first-order chi connectivity index (χ1) is 13.0. The van der Waals surface area contributed by atoms with Crippen molar-refractivity contribution in [1.82, 2.24) is 4.90 Å². The van der Waals surface area contributed by atoms with E-state index in [1.165, 1.54) is 0 Å². The summed E-state index contributed by atoms with van der Waals surface area (Å²) < 4.78 is 5.35. The quantitative estimate of drug-likeness (QED) is 0.745. The number of anilines is 1. The summed E-state index contributed by atoms with van der Waals surface area (Å²) in [6, 6.07) is 11.5. The van der Waals surface area contributed by atoms with E-state index < -0.39 is 0 Å². The van der Waals surface area contributed by atoms with Gasteiger partial charge in [0, 0.05) is 12.5 Å². The molecule has 2 aromatic rings. The molecule has 1 aliphatic heterocycles. The number of hydrogen-bond donors (Lipinski definition) is 1. The van der Waals surface area contributed by atoms with Crippen LogP contribution in [0.25, 0.3) is 0 Å². The summed E-state index contributed by atoms with van der Waals surface area (Å²) in [4.78, 5) is 15.0. The molecule has 2 aromatic carbocycles. The average molecular weight is 407 g/mol. The number of aryl methyl sites for hydroxylation is 1. The fraction of sp³-hybridized carbons (Fsp3) is 0.381. The number of ether oxygens (including phenoxy) is 1. The Hall–Kier alpha value is -1.75. The highest BCUT2D eigenvalue weighted by molar-refractivity contribution is 6.42. The smallest absolute Gasteiger partial charge is 0.227 e. The Bertz CT molecular complexity index is 818. The molecule has 1 N–H and O–H groups in total. The maximum atomic E-state index is 12.7. The summed E-state index contributed by atoms with van der Waals surface area (Å²) in [5.74, 6) is 0.763. The van der Waals surface area contributed by atoms with Crippen molar-refractivity contribution in [1.29, 1.82) is 0 Å². The lowest BCUT2D eigenvalue weighted by molar-refractivity contribution is -0.121. The van der Waals surface area contributed by atoms with E-state index >= 15 is 0 Å². The van der Waals surface area contributed by atoms with Crippen molar-refractivity contribution in [2.24, 2.45) is 5.92 Å². The third-order valence-electron chi connectivity index (χ3n) is 4.96. The molecule has 0 aliphatic carbocycles. The number of rotatable bonds is 5. The summed E-state index contributed by atoms with van der Waals surface area (Å²) in [6.45, 7) is 4.57. The number of carbonyl (C=O) groups excluding carboxylic acids is 1. The van der Waals surface area contributed by atoms with Crippen molar-refractivity contribution < 1.29 is 9.53 Å². The molecule has 0 atom stereocenters. The lowest BCUT2D eigenvalue weighted by Crippen LogP contribution is -2.37. The number of carbonyl (C=O) groups is 1. The maximum Gasteiger partial charge on any atom is 0.227 e. The lowest BCUT2D eigenvalue weighted by atomic mass is 9.95. The molecule has 1 saturated heterocycles. The van der Waals surface area contributed by atoms with Crippen LogP contribution < -0.4 is 10.1 Å². The van der Waals surface area contributed by atoms with Crippen molar-refractivity contribution in [2.45, 2.75) is 26.3 Å². The van der Waals surface area contributed by atoms with Gasteiger partial charge in [-0.3, -0.25) is 9.69 Å². The maximum absolute atomic E-state index is 12.7. The number of halogens is 2. The summed E-state index contributed by atoms with van der Waals surface area (Å²) in [5, 5.41) is 4.19. The van der Waals surface area contributed by atoms with Gasteiger partial charge in [-0.25, -0.2) is 0 Å². The number of amides is 1. The van der Waals surface area contributed by atoms with Gasteiger partial charge in [0.15, 0.2) is 0 Å². The second kappa shape index (κ2) is 8.96. The van der Waals surface area contributed by atoms with Gasteiger partial charge >= 0.3 is 0 Å². The van der Waals surface area contributed by atoms with E-state index in [9.17, 15) is 4.79 Å². The molecule has 0 saturated carbocycles. The molecule has 3 rings (SSSR count). The van der Waals surface area contributed by atoms with Gasteiger partial charge in [0.05, 0.1) is 22.8 Å². The molecule has 1 amide bonds. The zero-order valence-electron chi connectivity index (χ0n) is 15.6. The van der Waals surface area contributed by atoms with E-state index in [1.807, 2.05) is 43.3 Å². The van der Waals surface area contributed by atoms with E-state index in [0.717, 1.165) is 49.3 Å². The monoisotopic (exact) mass is 406 g/mol. The van der Waals surface area contributed by atoms with Crippen LogP contribution in [-0.2, 0) is 11.3 Å².